The molecule has 1 aromatic rings. The van der Waals surface area contributed by atoms with Gasteiger partial charge in [0.2, 0.25) is 11.8 Å². The summed E-state index contributed by atoms with van der Waals surface area (Å²) in [5.74, 6) is 0.303. The molecule has 0 saturated carbocycles. The van der Waals surface area contributed by atoms with Gasteiger partial charge in [0.1, 0.15) is 0 Å². The first-order valence-electron chi connectivity index (χ1n) is 3.66. The van der Waals surface area contributed by atoms with Crippen LogP contribution in [0.4, 0.5) is 5.88 Å². The monoisotopic (exact) mass is 169 g/mol. The minimum absolute atomic E-state index is 0.0823. The third kappa shape index (κ3) is 2.71. The number of oxazole rings is 1. The zero-order valence-electron chi connectivity index (χ0n) is 6.83. The van der Waals surface area contributed by atoms with E-state index in [9.17, 15) is 4.79 Å². The van der Waals surface area contributed by atoms with E-state index in [4.69, 9.17) is 4.42 Å². The summed E-state index contributed by atoms with van der Waals surface area (Å²) in [6, 6.07) is 0. The van der Waals surface area contributed by atoms with Crippen molar-refractivity contribution >= 4 is 11.8 Å². The van der Waals surface area contributed by atoms with Gasteiger partial charge in [-0.05, 0) is 7.05 Å². The lowest BCUT2D eigenvalue weighted by molar-refractivity contribution is -0.116. The van der Waals surface area contributed by atoms with Gasteiger partial charge in [-0.1, -0.05) is 0 Å². The van der Waals surface area contributed by atoms with Crippen LogP contribution in [0.1, 0.15) is 6.42 Å². The molecule has 12 heavy (non-hydrogen) atoms. The number of nitrogens with one attached hydrogen (secondary N) is 2. The molecule has 0 bridgehead atoms. The molecule has 0 aromatic carbocycles. The van der Waals surface area contributed by atoms with Gasteiger partial charge in [0.05, 0.1) is 6.20 Å². The molecule has 1 aromatic heterocycles. The van der Waals surface area contributed by atoms with Crippen LogP contribution in [-0.2, 0) is 4.79 Å². The second-order valence-electron chi connectivity index (χ2n) is 2.27. The normalized spacial score (nSPS) is 9.75. The van der Waals surface area contributed by atoms with Gasteiger partial charge < -0.3 is 9.73 Å². The third-order valence-electron chi connectivity index (χ3n) is 1.30. The highest BCUT2D eigenvalue weighted by atomic mass is 16.4. The fourth-order valence-corrected chi connectivity index (χ4v) is 0.716. The van der Waals surface area contributed by atoms with Crippen molar-refractivity contribution in [3.63, 3.8) is 0 Å². The Hall–Kier alpha value is -1.36. The Morgan fingerprint density at radius 1 is 1.75 bits per heavy atom. The Balaban J connectivity index is 2.27. The van der Waals surface area contributed by atoms with Crippen molar-refractivity contribution in [2.75, 3.05) is 18.9 Å². The van der Waals surface area contributed by atoms with Crippen molar-refractivity contribution in [2.24, 2.45) is 0 Å². The number of amides is 1. The maximum atomic E-state index is 11.0. The molecule has 2 N–H and O–H groups in total. The van der Waals surface area contributed by atoms with Gasteiger partial charge in [-0.3, -0.25) is 10.1 Å². The van der Waals surface area contributed by atoms with Crippen LogP contribution in [0.3, 0.4) is 0 Å². The van der Waals surface area contributed by atoms with E-state index in [0.29, 0.717) is 18.8 Å². The van der Waals surface area contributed by atoms with Crippen LogP contribution in [-0.4, -0.2) is 24.5 Å². The van der Waals surface area contributed by atoms with Gasteiger partial charge in [0.15, 0.2) is 6.39 Å². The van der Waals surface area contributed by atoms with E-state index < -0.39 is 0 Å². The first-order valence-corrected chi connectivity index (χ1v) is 3.66. The quantitative estimate of drug-likeness (QED) is 0.676. The third-order valence-corrected chi connectivity index (χ3v) is 1.30. The second kappa shape index (κ2) is 4.50. The maximum absolute atomic E-state index is 11.0. The zero-order valence-corrected chi connectivity index (χ0v) is 6.83. The summed E-state index contributed by atoms with van der Waals surface area (Å²) in [5.41, 5.74) is 0. The SMILES string of the molecule is CNCCC(=O)Nc1cnco1. The molecular formula is C7H11N3O2. The van der Waals surface area contributed by atoms with Gasteiger partial charge >= 0.3 is 0 Å². The lowest BCUT2D eigenvalue weighted by Crippen LogP contribution is -2.18. The molecule has 5 heteroatoms. The minimum Gasteiger partial charge on any atom is -0.428 e. The number of nitrogens with zero attached hydrogens (tertiary/aromatic N) is 1. The Morgan fingerprint density at radius 2 is 2.58 bits per heavy atom. The number of carbonyl (C=O) groups excluding carboxylic acids is 1. The van der Waals surface area contributed by atoms with Crippen molar-refractivity contribution in [2.45, 2.75) is 6.42 Å². The molecule has 0 atom stereocenters. The lowest BCUT2D eigenvalue weighted by Gasteiger charge is -1.99. The van der Waals surface area contributed by atoms with Crippen LogP contribution >= 0.6 is 0 Å². The fraction of sp³-hybridized carbons (Fsp3) is 0.429. The highest BCUT2D eigenvalue weighted by Crippen LogP contribution is 2.03. The van der Waals surface area contributed by atoms with Gasteiger partial charge in [-0.25, -0.2) is 4.98 Å². The van der Waals surface area contributed by atoms with Crippen molar-refractivity contribution in [3.8, 4) is 0 Å². The van der Waals surface area contributed by atoms with Crippen LogP contribution in [0.2, 0.25) is 0 Å². The largest absolute Gasteiger partial charge is 0.428 e. The summed E-state index contributed by atoms with van der Waals surface area (Å²) >= 11 is 0. The minimum atomic E-state index is -0.0823. The Bertz CT molecular complexity index is 233. The van der Waals surface area contributed by atoms with Crippen molar-refractivity contribution in [1.29, 1.82) is 0 Å². The van der Waals surface area contributed by atoms with Crippen LogP contribution < -0.4 is 10.6 Å². The summed E-state index contributed by atoms with van der Waals surface area (Å²) in [7, 11) is 1.79. The average Bonchev–Trinajstić information content (AvgIpc) is 2.53. The molecule has 0 aliphatic heterocycles. The topological polar surface area (TPSA) is 67.2 Å². The molecule has 0 fully saturated rings. The molecule has 0 aliphatic carbocycles. The van der Waals surface area contributed by atoms with Crippen LogP contribution in [0.15, 0.2) is 17.0 Å². The van der Waals surface area contributed by atoms with E-state index in [1.54, 1.807) is 7.05 Å². The summed E-state index contributed by atoms with van der Waals surface area (Å²) in [5, 5.41) is 5.42. The molecule has 1 heterocycles. The second-order valence-corrected chi connectivity index (χ2v) is 2.27. The fourth-order valence-electron chi connectivity index (χ4n) is 0.716. The summed E-state index contributed by atoms with van der Waals surface area (Å²) < 4.78 is 4.82. The van der Waals surface area contributed by atoms with Crippen molar-refractivity contribution in [1.82, 2.24) is 10.3 Å². The molecule has 0 radical (unpaired) electrons. The molecule has 0 saturated heterocycles. The summed E-state index contributed by atoms with van der Waals surface area (Å²) in [6.07, 6.45) is 3.15. The molecule has 0 aliphatic rings. The Labute approximate surface area is 70.2 Å². The molecule has 66 valence electrons. The predicted molar refractivity (Wildman–Crippen MR) is 43.7 cm³/mol. The Kier molecular flexibility index (Phi) is 3.28. The van der Waals surface area contributed by atoms with E-state index in [0.717, 1.165) is 0 Å². The number of rotatable bonds is 4. The van der Waals surface area contributed by atoms with Gasteiger partial charge in [-0.2, -0.15) is 0 Å². The highest BCUT2D eigenvalue weighted by molar-refractivity contribution is 5.89. The molecule has 0 spiro atoms. The van der Waals surface area contributed by atoms with E-state index >= 15 is 0 Å². The first kappa shape index (κ1) is 8.73. The van der Waals surface area contributed by atoms with Gasteiger partial charge in [0.25, 0.3) is 0 Å². The number of anilines is 1. The van der Waals surface area contributed by atoms with Crippen LogP contribution in [0, 0.1) is 0 Å². The van der Waals surface area contributed by atoms with Crippen molar-refractivity contribution in [3.05, 3.63) is 12.6 Å². The standard InChI is InChI=1S/C7H11N3O2/c1-8-3-2-6(11)10-7-4-9-5-12-7/h4-5,8H,2-3H2,1H3,(H,10,11). The first-order chi connectivity index (χ1) is 5.83. The average molecular weight is 169 g/mol. The smallest absolute Gasteiger partial charge is 0.228 e. The molecule has 0 unspecified atom stereocenters. The Morgan fingerprint density at radius 3 is 3.17 bits per heavy atom. The van der Waals surface area contributed by atoms with E-state index in [2.05, 4.69) is 15.6 Å². The number of aromatic nitrogens is 1. The van der Waals surface area contributed by atoms with E-state index in [1.807, 2.05) is 0 Å². The van der Waals surface area contributed by atoms with Gasteiger partial charge in [-0.15, -0.1) is 0 Å². The van der Waals surface area contributed by atoms with Crippen LogP contribution in [0.5, 0.6) is 0 Å². The summed E-state index contributed by atoms with van der Waals surface area (Å²) in [4.78, 5) is 14.7. The molecule has 1 amide bonds. The number of hydrogen-bond donors (Lipinski definition) is 2. The predicted octanol–water partition coefficient (Wildman–Crippen LogP) is 0.223. The maximum Gasteiger partial charge on any atom is 0.228 e. The summed E-state index contributed by atoms with van der Waals surface area (Å²) in [6.45, 7) is 0.653. The van der Waals surface area contributed by atoms with Gasteiger partial charge in [0, 0.05) is 13.0 Å². The molecular weight excluding hydrogens is 158 g/mol. The molecule has 1 rings (SSSR count). The number of hydrogen-bond acceptors (Lipinski definition) is 4. The van der Waals surface area contributed by atoms with E-state index in [-0.39, 0.29) is 5.91 Å². The van der Waals surface area contributed by atoms with Crippen molar-refractivity contribution < 1.29 is 9.21 Å². The van der Waals surface area contributed by atoms with Crippen LogP contribution in [0.25, 0.3) is 0 Å². The lowest BCUT2D eigenvalue weighted by atomic mass is 10.4. The highest BCUT2D eigenvalue weighted by Gasteiger charge is 2.02. The number of carbonyl (C=O) groups is 1. The van der Waals surface area contributed by atoms with E-state index in [1.165, 1.54) is 12.6 Å². The zero-order chi connectivity index (χ0) is 8.81. The molecule has 5 nitrogen and oxygen atoms in total.